The molecule has 47 heavy (non-hydrogen) atoms. The Balaban J connectivity index is 2.73. The van der Waals surface area contributed by atoms with E-state index in [4.69, 9.17) is 29.9 Å². The summed E-state index contributed by atoms with van der Waals surface area (Å²) in [6.45, 7) is 10.2. The van der Waals surface area contributed by atoms with Gasteiger partial charge in [-0.15, -0.1) is 6.58 Å². The maximum absolute atomic E-state index is 13.9. The average molecular weight is 659 g/mol. The number of allylic oxidation sites excluding steroid dienone is 4. The number of carbonyl (C=O) groups is 4. The minimum absolute atomic E-state index is 0.0959. The molecule has 0 radical (unpaired) electrons. The van der Waals surface area contributed by atoms with Crippen LogP contribution >= 0.6 is 0 Å². The summed E-state index contributed by atoms with van der Waals surface area (Å²) in [7, 11) is 2.89. The van der Waals surface area contributed by atoms with Crippen LogP contribution in [-0.4, -0.2) is 91.5 Å². The molecule has 1 aliphatic carbocycles. The summed E-state index contributed by atoms with van der Waals surface area (Å²) in [5.74, 6) is -3.05. The fourth-order valence-electron chi connectivity index (χ4n) is 5.20. The number of nitrogens with one attached hydrogen (secondary N) is 2. The normalized spacial score (nSPS) is 30.2. The standard InChI is InChI=1S/C33H46N4O10/c1-8-12-35-28-22-13-18(2)14-26(45-7)29(40)20(4)15-21(5)31(47-33(34)43)25(44-6)11-9-10-19(3)32(42)36-24(30(22)41)16-23(28)37-46-17-27(38)39/h8-11,15-16,18,20,25-26,29,31,35,40H,1,12-14,17H2,2-7H3,(H2,34,43)(H,36,42)(H,38,39)/b11-9-,19-10+,21-15+,37-23+/t18-,20+,25+,26+,29-,31+/m1/s1. The highest BCUT2D eigenvalue weighted by molar-refractivity contribution is 6.25. The predicted molar refractivity (Wildman–Crippen MR) is 174 cm³/mol. The molecule has 0 aromatic rings. The minimum Gasteiger partial charge on any atom is -0.479 e. The van der Waals surface area contributed by atoms with Gasteiger partial charge < -0.3 is 45.6 Å². The van der Waals surface area contributed by atoms with Crippen LogP contribution in [0.1, 0.15) is 40.5 Å². The molecule has 0 fully saturated rings. The van der Waals surface area contributed by atoms with Crippen LogP contribution in [0.5, 0.6) is 0 Å². The molecular formula is C33H46N4O10. The first kappa shape index (κ1) is 38.7. The number of rotatable bonds is 9. The Labute approximate surface area is 274 Å². The summed E-state index contributed by atoms with van der Waals surface area (Å²) in [5.41, 5.74) is 6.69. The number of nitrogens with zero attached hydrogens (tertiary/aromatic N) is 1. The summed E-state index contributed by atoms with van der Waals surface area (Å²) in [5, 5.41) is 30.1. The van der Waals surface area contributed by atoms with E-state index in [1.165, 1.54) is 39.4 Å². The first-order valence-corrected chi connectivity index (χ1v) is 15.0. The molecule has 0 aromatic carbocycles. The Bertz CT molecular complexity index is 1380. The number of carboxylic acid groups (broad SMARTS) is 1. The quantitative estimate of drug-likeness (QED) is 0.138. The van der Waals surface area contributed by atoms with Crippen molar-refractivity contribution < 1.29 is 48.4 Å². The largest absolute Gasteiger partial charge is 0.479 e. The van der Waals surface area contributed by atoms with Gasteiger partial charge in [0.25, 0.3) is 5.91 Å². The molecule has 2 bridgehead atoms. The summed E-state index contributed by atoms with van der Waals surface area (Å²) >= 11 is 0. The molecule has 2 aliphatic rings. The van der Waals surface area contributed by atoms with E-state index in [0.717, 1.165) is 0 Å². The van der Waals surface area contributed by atoms with Crippen LogP contribution in [0.15, 0.2) is 76.3 Å². The van der Waals surface area contributed by atoms with Crippen LogP contribution in [-0.2, 0) is 33.4 Å². The third kappa shape index (κ3) is 11.3. The number of hydrogen-bond acceptors (Lipinski definition) is 11. The lowest BCUT2D eigenvalue weighted by atomic mass is 9.85. The number of amides is 2. The van der Waals surface area contributed by atoms with Gasteiger partial charge in [-0.3, -0.25) is 9.59 Å². The third-order valence-electron chi connectivity index (χ3n) is 7.58. The fourth-order valence-corrected chi connectivity index (χ4v) is 5.20. The van der Waals surface area contributed by atoms with Crippen molar-refractivity contribution in [3.63, 3.8) is 0 Å². The molecule has 0 aromatic heterocycles. The first-order valence-electron chi connectivity index (χ1n) is 15.0. The number of oxime groups is 1. The second-order valence-corrected chi connectivity index (χ2v) is 11.4. The van der Waals surface area contributed by atoms with Crippen LogP contribution in [0.4, 0.5) is 4.79 Å². The molecule has 0 unspecified atom stereocenters. The zero-order valence-corrected chi connectivity index (χ0v) is 27.6. The summed E-state index contributed by atoms with van der Waals surface area (Å²) < 4.78 is 16.6. The van der Waals surface area contributed by atoms with E-state index < -0.39 is 60.7 Å². The number of Topliss-reactive ketones (excluding diaryl/α,β-unsaturated/α-hetero) is 1. The topological polar surface area (TPSA) is 208 Å². The second kappa shape index (κ2) is 18.6. The van der Waals surface area contributed by atoms with Crippen LogP contribution in [0.25, 0.3) is 0 Å². The third-order valence-corrected chi connectivity index (χ3v) is 7.58. The zero-order chi connectivity index (χ0) is 35.3. The highest BCUT2D eigenvalue weighted by Crippen LogP contribution is 2.29. The van der Waals surface area contributed by atoms with Crippen LogP contribution in [0.3, 0.4) is 0 Å². The average Bonchev–Trinajstić information content (AvgIpc) is 3.01. The van der Waals surface area contributed by atoms with Crippen molar-refractivity contribution in [3.05, 3.63) is 71.1 Å². The van der Waals surface area contributed by atoms with E-state index in [1.54, 1.807) is 32.1 Å². The molecule has 0 spiro atoms. The molecule has 2 amide bonds. The SMILES string of the molecule is C=CCNC1=C2C[C@@H](C)C[C@H](OC)[C@H](O)[C@@H](C)/C=C(\C)[C@H](OC(N)=O)[C@@H](OC)/C=C\C=C(/C)C(=O)NC(=C/C1=N\OCC(=O)O)C2=O. The predicted octanol–water partition coefficient (Wildman–Crippen LogP) is 2.43. The number of carbonyl (C=O) groups excluding carboxylic acids is 3. The maximum Gasteiger partial charge on any atom is 0.405 e. The van der Waals surface area contributed by atoms with Crippen molar-refractivity contribution in [1.82, 2.24) is 10.6 Å². The number of fused-ring (bicyclic) bond motifs is 2. The van der Waals surface area contributed by atoms with E-state index >= 15 is 0 Å². The lowest BCUT2D eigenvalue weighted by Crippen LogP contribution is -2.38. The van der Waals surface area contributed by atoms with Crippen LogP contribution < -0.4 is 16.4 Å². The number of aliphatic hydroxyl groups is 1. The lowest BCUT2D eigenvalue weighted by Gasteiger charge is -2.30. The Kier molecular flexibility index (Phi) is 15.3. The molecule has 14 heteroatoms. The van der Waals surface area contributed by atoms with E-state index in [1.807, 2.05) is 6.92 Å². The fraction of sp³-hybridized carbons (Fsp3) is 0.485. The van der Waals surface area contributed by atoms with Crippen LogP contribution in [0, 0.1) is 11.8 Å². The van der Waals surface area contributed by atoms with E-state index in [-0.39, 0.29) is 41.4 Å². The number of ether oxygens (including phenoxy) is 3. The van der Waals surface area contributed by atoms with Crippen LogP contribution in [0.2, 0.25) is 0 Å². The van der Waals surface area contributed by atoms with E-state index in [9.17, 15) is 24.3 Å². The molecule has 0 saturated carbocycles. The number of carboxylic acids is 1. The first-order chi connectivity index (χ1) is 22.2. The van der Waals surface area contributed by atoms with Crippen molar-refractivity contribution in [2.24, 2.45) is 22.7 Å². The summed E-state index contributed by atoms with van der Waals surface area (Å²) in [6, 6.07) is 0. The molecule has 2 rings (SSSR count). The van der Waals surface area contributed by atoms with Gasteiger partial charge >= 0.3 is 12.1 Å². The molecule has 6 atom stereocenters. The maximum atomic E-state index is 13.9. The number of ketones is 1. The monoisotopic (exact) mass is 658 g/mol. The number of aliphatic hydroxyl groups excluding tert-OH is 1. The number of hydrogen-bond donors (Lipinski definition) is 5. The van der Waals surface area contributed by atoms with Gasteiger partial charge in [0.15, 0.2) is 6.10 Å². The number of nitrogens with two attached hydrogens (primary N) is 1. The van der Waals surface area contributed by atoms with Crippen molar-refractivity contribution in [2.75, 3.05) is 27.4 Å². The Morgan fingerprint density at radius 3 is 2.51 bits per heavy atom. The highest BCUT2D eigenvalue weighted by Gasteiger charge is 2.33. The molecule has 0 saturated heterocycles. The highest BCUT2D eigenvalue weighted by atomic mass is 16.6. The van der Waals surface area contributed by atoms with E-state index in [2.05, 4.69) is 22.4 Å². The Morgan fingerprint density at radius 1 is 1.21 bits per heavy atom. The van der Waals surface area contributed by atoms with Crippen molar-refractivity contribution >= 4 is 29.5 Å². The molecule has 14 nitrogen and oxygen atoms in total. The van der Waals surface area contributed by atoms with Crippen molar-refractivity contribution in [1.29, 1.82) is 0 Å². The Hall–Kier alpha value is -4.53. The number of methoxy groups -OCH3 is 2. The van der Waals surface area contributed by atoms with E-state index in [0.29, 0.717) is 17.7 Å². The molecule has 1 aliphatic heterocycles. The molecular weight excluding hydrogens is 612 g/mol. The second-order valence-electron chi connectivity index (χ2n) is 11.4. The Morgan fingerprint density at radius 2 is 1.91 bits per heavy atom. The van der Waals surface area contributed by atoms with Gasteiger partial charge in [0, 0.05) is 37.8 Å². The summed E-state index contributed by atoms with van der Waals surface area (Å²) in [6.07, 6.45) is 5.28. The minimum atomic E-state index is -1.25. The van der Waals surface area contributed by atoms with Gasteiger partial charge in [0.2, 0.25) is 12.4 Å². The van der Waals surface area contributed by atoms with Gasteiger partial charge in [-0.2, -0.15) is 0 Å². The van der Waals surface area contributed by atoms with Crippen molar-refractivity contribution in [3.8, 4) is 0 Å². The number of aliphatic carboxylic acids is 1. The molecule has 258 valence electrons. The molecule has 6 N–H and O–H groups in total. The van der Waals surface area contributed by atoms with Gasteiger partial charge in [0.05, 0.1) is 23.6 Å². The smallest absolute Gasteiger partial charge is 0.405 e. The zero-order valence-electron chi connectivity index (χ0n) is 27.6. The number of primary amides is 1. The summed E-state index contributed by atoms with van der Waals surface area (Å²) in [4.78, 5) is 55.0. The van der Waals surface area contributed by atoms with Gasteiger partial charge in [-0.1, -0.05) is 49.4 Å². The molecule has 1 heterocycles. The van der Waals surface area contributed by atoms with Gasteiger partial charge in [-0.05, 0) is 44.3 Å². The van der Waals surface area contributed by atoms with Gasteiger partial charge in [0.1, 0.15) is 11.8 Å². The lowest BCUT2D eigenvalue weighted by molar-refractivity contribution is -0.142. The van der Waals surface area contributed by atoms with Gasteiger partial charge in [-0.25, -0.2) is 9.59 Å². The van der Waals surface area contributed by atoms with Crippen molar-refractivity contribution in [2.45, 2.75) is 65.0 Å².